The molecule has 0 aliphatic heterocycles. The van der Waals surface area contributed by atoms with Crippen LogP contribution < -0.4 is 9.46 Å². The molecule has 0 unspecified atom stereocenters. The summed E-state index contributed by atoms with van der Waals surface area (Å²) in [5.74, 6) is 0.193. The Morgan fingerprint density at radius 2 is 2.08 bits per heavy atom. The van der Waals surface area contributed by atoms with Gasteiger partial charge in [0, 0.05) is 6.20 Å². The van der Waals surface area contributed by atoms with Crippen LogP contribution in [0.2, 0.25) is 0 Å². The zero-order valence-electron chi connectivity index (χ0n) is 14.0. The Hall–Kier alpha value is -2.07. The first-order valence-corrected chi connectivity index (χ1v) is 9.46. The fourth-order valence-corrected chi connectivity index (χ4v) is 4.47. The van der Waals surface area contributed by atoms with E-state index in [1.165, 1.54) is 25.4 Å². The summed E-state index contributed by atoms with van der Waals surface area (Å²) in [5, 5.41) is 3.98. The van der Waals surface area contributed by atoms with Crippen molar-refractivity contribution in [2.45, 2.75) is 42.9 Å². The van der Waals surface area contributed by atoms with Crippen molar-refractivity contribution in [2.75, 3.05) is 7.11 Å². The lowest BCUT2D eigenvalue weighted by Gasteiger charge is -2.22. The number of benzene rings is 1. The molecule has 0 amide bonds. The number of hydrogen-bond donors (Lipinski definition) is 1. The number of fused-ring (bicyclic) bond motifs is 1. The molecular weight excluding hydrogens is 371 g/mol. The molecule has 0 saturated heterocycles. The summed E-state index contributed by atoms with van der Waals surface area (Å²) in [6.07, 6.45) is -1.36. The van der Waals surface area contributed by atoms with E-state index in [0.717, 1.165) is 4.68 Å². The third kappa shape index (κ3) is 4.01. The van der Waals surface area contributed by atoms with Crippen molar-refractivity contribution in [1.82, 2.24) is 14.5 Å². The van der Waals surface area contributed by atoms with Crippen LogP contribution in [0.25, 0.3) is 0 Å². The van der Waals surface area contributed by atoms with Crippen molar-refractivity contribution >= 4 is 10.0 Å². The van der Waals surface area contributed by atoms with Gasteiger partial charge in [-0.1, -0.05) is 12.1 Å². The van der Waals surface area contributed by atoms with E-state index < -0.39 is 28.8 Å². The standard InChI is InChI=1S/C16H18F3N3O3S/c1-25-13-7-2-3-8-14(13)26(23,24)21-12-6-4-5-11-9-22(20-15(11)12)10-16(17,18)19/h2-3,7-9,12,21H,4-6,10H2,1H3/t12-/m1/s1. The van der Waals surface area contributed by atoms with E-state index in [1.807, 2.05) is 0 Å². The number of methoxy groups -OCH3 is 1. The quantitative estimate of drug-likeness (QED) is 0.854. The highest BCUT2D eigenvalue weighted by atomic mass is 32.2. The first kappa shape index (κ1) is 18.7. The van der Waals surface area contributed by atoms with E-state index in [1.54, 1.807) is 12.1 Å². The van der Waals surface area contributed by atoms with Crippen LogP contribution in [-0.4, -0.2) is 31.5 Å². The van der Waals surface area contributed by atoms with Crippen molar-refractivity contribution in [3.05, 3.63) is 41.7 Å². The molecule has 6 nitrogen and oxygen atoms in total. The molecule has 2 aromatic rings. The lowest BCUT2D eigenvalue weighted by molar-refractivity contribution is -0.142. The monoisotopic (exact) mass is 389 g/mol. The number of halogens is 3. The summed E-state index contributed by atoms with van der Waals surface area (Å²) < 4.78 is 71.7. The topological polar surface area (TPSA) is 73.2 Å². The summed E-state index contributed by atoms with van der Waals surface area (Å²) in [6, 6.07) is 5.48. The Morgan fingerprint density at radius 1 is 1.35 bits per heavy atom. The number of ether oxygens (including phenoxy) is 1. The minimum absolute atomic E-state index is 0.0238. The second kappa shape index (κ2) is 6.92. The van der Waals surface area contributed by atoms with Crippen LogP contribution in [0.15, 0.2) is 35.4 Å². The third-order valence-electron chi connectivity index (χ3n) is 4.14. The molecule has 10 heteroatoms. The lowest BCUT2D eigenvalue weighted by Crippen LogP contribution is -2.31. The number of sulfonamides is 1. The van der Waals surface area contributed by atoms with Crippen molar-refractivity contribution in [3.63, 3.8) is 0 Å². The zero-order chi connectivity index (χ0) is 18.9. The molecule has 1 aliphatic rings. The Labute approximate surface area is 149 Å². The first-order valence-electron chi connectivity index (χ1n) is 7.98. The zero-order valence-corrected chi connectivity index (χ0v) is 14.8. The number of nitrogens with one attached hydrogen (secondary N) is 1. The molecule has 1 aromatic heterocycles. The molecule has 1 aliphatic carbocycles. The molecule has 0 spiro atoms. The van der Waals surface area contributed by atoms with Gasteiger partial charge < -0.3 is 4.74 Å². The summed E-state index contributed by atoms with van der Waals surface area (Å²) in [5.41, 5.74) is 0.979. The van der Waals surface area contributed by atoms with Gasteiger partial charge in [-0.15, -0.1) is 0 Å². The molecular formula is C16H18F3N3O3S. The normalized spacial score (nSPS) is 17.8. The fourth-order valence-electron chi connectivity index (χ4n) is 3.07. The van der Waals surface area contributed by atoms with Gasteiger partial charge in [0.2, 0.25) is 10.0 Å². The highest BCUT2D eigenvalue weighted by Gasteiger charge is 2.33. The van der Waals surface area contributed by atoms with Crippen molar-refractivity contribution < 1.29 is 26.3 Å². The van der Waals surface area contributed by atoms with E-state index in [4.69, 9.17) is 4.74 Å². The SMILES string of the molecule is COc1ccccc1S(=O)(=O)N[C@@H]1CCCc2cn(CC(F)(F)F)nc21. The molecule has 0 bridgehead atoms. The van der Waals surface area contributed by atoms with Crippen LogP contribution in [0.3, 0.4) is 0 Å². The molecule has 1 aromatic carbocycles. The summed E-state index contributed by atoms with van der Waals surface area (Å²) in [6.45, 7) is -1.20. The number of aryl methyl sites for hydroxylation is 1. The van der Waals surface area contributed by atoms with Crippen molar-refractivity contribution in [1.29, 1.82) is 0 Å². The van der Waals surface area contributed by atoms with E-state index in [2.05, 4.69) is 9.82 Å². The molecule has 1 heterocycles. The molecule has 1 atom stereocenters. The number of alkyl halides is 3. The summed E-state index contributed by atoms with van der Waals surface area (Å²) in [7, 11) is -2.55. The molecule has 1 N–H and O–H groups in total. The number of rotatable bonds is 5. The van der Waals surface area contributed by atoms with Crippen LogP contribution in [0.4, 0.5) is 13.2 Å². The maximum Gasteiger partial charge on any atom is 0.408 e. The molecule has 142 valence electrons. The van der Waals surface area contributed by atoms with Crippen LogP contribution in [0.1, 0.15) is 30.1 Å². The molecule has 26 heavy (non-hydrogen) atoms. The van der Waals surface area contributed by atoms with Gasteiger partial charge in [-0.05, 0) is 37.0 Å². The van der Waals surface area contributed by atoms with E-state index in [-0.39, 0.29) is 10.6 Å². The predicted molar refractivity (Wildman–Crippen MR) is 87.3 cm³/mol. The van der Waals surface area contributed by atoms with E-state index in [0.29, 0.717) is 30.5 Å². The highest BCUT2D eigenvalue weighted by molar-refractivity contribution is 7.89. The van der Waals surface area contributed by atoms with Gasteiger partial charge in [0.1, 0.15) is 17.2 Å². The van der Waals surface area contributed by atoms with Crippen LogP contribution in [0, 0.1) is 0 Å². The van der Waals surface area contributed by atoms with Crippen molar-refractivity contribution in [3.8, 4) is 5.75 Å². The lowest BCUT2D eigenvalue weighted by atomic mass is 9.94. The van der Waals surface area contributed by atoms with Gasteiger partial charge in [-0.2, -0.15) is 18.3 Å². The molecule has 0 saturated carbocycles. The number of hydrogen-bond acceptors (Lipinski definition) is 4. The van der Waals surface area contributed by atoms with E-state index in [9.17, 15) is 21.6 Å². The Balaban J connectivity index is 1.88. The summed E-state index contributed by atoms with van der Waals surface area (Å²) in [4.78, 5) is -0.0238. The number of nitrogens with zero attached hydrogens (tertiary/aromatic N) is 2. The minimum atomic E-state index is -4.39. The van der Waals surface area contributed by atoms with Gasteiger partial charge in [-0.3, -0.25) is 4.68 Å². The molecule has 0 fully saturated rings. The Morgan fingerprint density at radius 3 is 2.77 bits per heavy atom. The largest absolute Gasteiger partial charge is 0.495 e. The average Bonchev–Trinajstić information content (AvgIpc) is 2.96. The number of para-hydroxylation sites is 1. The predicted octanol–water partition coefficient (Wildman–Crippen LogP) is 2.81. The average molecular weight is 389 g/mol. The highest BCUT2D eigenvalue weighted by Crippen LogP contribution is 2.32. The van der Waals surface area contributed by atoms with Crippen LogP contribution in [0.5, 0.6) is 5.75 Å². The number of aromatic nitrogens is 2. The fraction of sp³-hybridized carbons (Fsp3) is 0.438. The van der Waals surface area contributed by atoms with Gasteiger partial charge in [0.25, 0.3) is 0 Å². The van der Waals surface area contributed by atoms with Gasteiger partial charge in [-0.25, -0.2) is 13.1 Å². The molecule has 3 rings (SSSR count). The van der Waals surface area contributed by atoms with Crippen LogP contribution >= 0.6 is 0 Å². The second-order valence-corrected chi connectivity index (χ2v) is 7.75. The Kier molecular flexibility index (Phi) is 4.98. The minimum Gasteiger partial charge on any atom is -0.495 e. The molecule has 0 radical (unpaired) electrons. The van der Waals surface area contributed by atoms with Gasteiger partial charge in [0.05, 0.1) is 18.8 Å². The van der Waals surface area contributed by atoms with Gasteiger partial charge >= 0.3 is 6.18 Å². The Bertz CT molecular complexity index is 894. The first-order chi connectivity index (χ1) is 12.2. The maximum absolute atomic E-state index is 12.7. The van der Waals surface area contributed by atoms with Crippen molar-refractivity contribution in [2.24, 2.45) is 0 Å². The smallest absolute Gasteiger partial charge is 0.408 e. The summed E-state index contributed by atoms with van der Waals surface area (Å²) >= 11 is 0. The van der Waals surface area contributed by atoms with E-state index >= 15 is 0 Å². The second-order valence-electron chi connectivity index (χ2n) is 6.07. The maximum atomic E-state index is 12.7. The van der Waals surface area contributed by atoms with Crippen LogP contribution in [-0.2, 0) is 23.0 Å². The van der Waals surface area contributed by atoms with Gasteiger partial charge in [0.15, 0.2) is 0 Å². The third-order valence-corrected chi connectivity index (χ3v) is 5.65.